The van der Waals surface area contributed by atoms with Crippen LogP contribution in [0.4, 0.5) is 5.69 Å². The molecule has 0 aromatic heterocycles. The van der Waals surface area contributed by atoms with E-state index in [4.69, 9.17) is 17.0 Å². The zero-order valence-electron chi connectivity index (χ0n) is 17.3. The normalized spacial score (nSPS) is 14.9. The van der Waals surface area contributed by atoms with E-state index in [2.05, 4.69) is 28.2 Å². The minimum Gasteiger partial charge on any atom is -0.484 e. The number of amides is 2. The van der Waals surface area contributed by atoms with E-state index >= 15 is 0 Å². The van der Waals surface area contributed by atoms with Gasteiger partial charge >= 0.3 is 0 Å². The monoisotopic (exact) mass is 518 g/mol. The summed E-state index contributed by atoms with van der Waals surface area (Å²) in [6, 6.07) is 12.9. The second-order valence-corrected chi connectivity index (χ2v) is 9.65. The van der Waals surface area contributed by atoms with Crippen molar-refractivity contribution in [1.29, 1.82) is 0 Å². The zero-order chi connectivity index (χ0) is 22.4. The predicted octanol–water partition coefficient (Wildman–Crippen LogP) is 5.78. The lowest BCUT2D eigenvalue weighted by Crippen LogP contribution is -2.28. The third-order valence-electron chi connectivity index (χ3n) is 4.60. The molecule has 1 fully saturated rings. The Labute approximate surface area is 200 Å². The SMILES string of the molecule is CCCCN1C(=O)/C(=C/c2cccc(OCC(=O)Nc3ccc(Br)cc3C)c2)SC1=S. The number of aryl methyl sites for hydroxylation is 1. The predicted molar refractivity (Wildman–Crippen MR) is 134 cm³/mol. The van der Waals surface area contributed by atoms with Crippen LogP contribution in [0, 0.1) is 6.92 Å². The van der Waals surface area contributed by atoms with Gasteiger partial charge in [-0.3, -0.25) is 14.5 Å². The van der Waals surface area contributed by atoms with E-state index < -0.39 is 0 Å². The summed E-state index contributed by atoms with van der Waals surface area (Å²) in [6.45, 7) is 4.54. The van der Waals surface area contributed by atoms with Crippen molar-refractivity contribution >= 4 is 67.8 Å². The molecule has 0 saturated carbocycles. The molecule has 31 heavy (non-hydrogen) atoms. The maximum atomic E-state index is 12.6. The van der Waals surface area contributed by atoms with Gasteiger partial charge in [0.1, 0.15) is 10.1 Å². The highest BCUT2D eigenvalue weighted by molar-refractivity contribution is 9.10. The van der Waals surface area contributed by atoms with Crippen LogP contribution in [0.2, 0.25) is 0 Å². The van der Waals surface area contributed by atoms with E-state index in [1.807, 2.05) is 43.3 Å². The summed E-state index contributed by atoms with van der Waals surface area (Å²) in [5.41, 5.74) is 2.52. The molecule has 1 N–H and O–H groups in total. The molecule has 0 radical (unpaired) electrons. The Morgan fingerprint density at radius 1 is 1.29 bits per heavy atom. The Morgan fingerprint density at radius 2 is 2.10 bits per heavy atom. The zero-order valence-corrected chi connectivity index (χ0v) is 20.5. The van der Waals surface area contributed by atoms with Crippen molar-refractivity contribution in [3.63, 3.8) is 0 Å². The van der Waals surface area contributed by atoms with Crippen molar-refractivity contribution < 1.29 is 14.3 Å². The molecule has 5 nitrogen and oxygen atoms in total. The van der Waals surface area contributed by atoms with Gasteiger partial charge in [-0.25, -0.2) is 0 Å². The molecule has 8 heteroatoms. The summed E-state index contributed by atoms with van der Waals surface area (Å²) in [4.78, 5) is 27.1. The second kappa shape index (κ2) is 10.9. The molecule has 1 aliphatic rings. The Bertz CT molecular complexity index is 1040. The molecule has 0 aliphatic carbocycles. The minimum absolute atomic E-state index is 0.0565. The Kier molecular flexibility index (Phi) is 8.28. The molecule has 2 aromatic carbocycles. The number of carbonyl (C=O) groups excluding carboxylic acids is 2. The highest BCUT2D eigenvalue weighted by Crippen LogP contribution is 2.33. The maximum absolute atomic E-state index is 12.6. The fourth-order valence-electron chi connectivity index (χ4n) is 2.96. The molecule has 0 unspecified atom stereocenters. The molecule has 162 valence electrons. The van der Waals surface area contributed by atoms with Gasteiger partial charge in [-0.1, -0.05) is 65.4 Å². The second-order valence-electron chi connectivity index (χ2n) is 7.06. The number of benzene rings is 2. The number of thiocarbonyl (C=S) groups is 1. The fraction of sp³-hybridized carbons (Fsp3) is 0.261. The lowest BCUT2D eigenvalue weighted by atomic mass is 10.2. The summed E-state index contributed by atoms with van der Waals surface area (Å²) >= 11 is 10.1. The standard InChI is InChI=1S/C23H23BrN2O3S2/c1-3-4-10-26-22(28)20(31-23(26)30)13-16-6-5-7-18(12-16)29-14-21(27)25-19-9-8-17(24)11-15(19)2/h5-9,11-13H,3-4,10,14H2,1-2H3,(H,25,27)/b20-13-. The van der Waals surface area contributed by atoms with Crippen LogP contribution in [0.3, 0.4) is 0 Å². The summed E-state index contributed by atoms with van der Waals surface area (Å²) in [7, 11) is 0. The van der Waals surface area contributed by atoms with Crippen LogP contribution in [0.5, 0.6) is 5.75 Å². The molecular weight excluding hydrogens is 496 g/mol. The summed E-state index contributed by atoms with van der Waals surface area (Å²) in [5, 5.41) is 2.85. The molecule has 3 rings (SSSR count). The third-order valence-corrected chi connectivity index (χ3v) is 6.47. The van der Waals surface area contributed by atoms with Crippen LogP contribution < -0.4 is 10.1 Å². The number of unbranched alkanes of at least 4 members (excludes halogenated alkanes) is 1. The number of hydrogen-bond acceptors (Lipinski definition) is 5. The van der Waals surface area contributed by atoms with E-state index in [0.29, 0.717) is 21.5 Å². The van der Waals surface area contributed by atoms with Gasteiger partial charge in [-0.15, -0.1) is 0 Å². The molecule has 0 atom stereocenters. The first-order chi connectivity index (χ1) is 14.9. The molecule has 1 heterocycles. The molecule has 2 aromatic rings. The van der Waals surface area contributed by atoms with Crippen molar-refractivity contribution in [2.75, 3.05) is 18.5 Å². The minimum atomic E-state index is -0.243. The van der Waals surface area contributed by atoms with Crippen LogP contribution in [-0.2, 0) is 9.59 Å². The quantitative estimate of drug-likeness (QED) is 0.354. The van der Waals surface area contributed by atoms with E-state index in [1.165, 1.54) is 11.8 Å². The number of ether oxygens (including phenoxy) is 1. The number of rotatable bonds is 8. The van der Waals surface area contributed by atoms with Gasteiger partial charge in [0.05, 0.1) is 4.91 Å². The van der Waals surface area contributed by atoms with Crippen LogP contribution >= 0.6 is 39.9 Å². The molecule has 0 spiro atoms. The summed E-state index contributed by atoms with van der Waals surface area (Å²) in [6.07, 6.45) is 3.73. The van der Waals surface area contributed by atoms with Gasteiger partial charge in [0.15, 0.2) is 6.61 Å². The van der Waals surface area contributed by atoms with E-state index in [1.54, 1.807) is 17.0 Å². The van der Waals surface area contributed by atoms with Crippen molar-refractivity contribution in [2.45, 2.75) is 26.7 Å². The number of carbonyl (C=O) groups is 2. The Balaban J connectivity index is 1.61. The van der Waals surface area contributed by atoms with Crippen LogP contribution in [0.1, 0.15) is 30.9 Å². The van der Waals surface area contributed by atoms with Crippen LogP contribution in [0.15, 0.2) is 51.8 Å². The van der Waals surface area contributed by atoms with Crippen LogP contribution in [0.25, 0.3) is 6.08 Å². The molecule has 2 amide bonds. The average Bonchev–Trinajstić information content (AvgIpc) is 3.00. The number of thioether (sulfide) groups is 1. The van der Waals surface area contributed by atoms with E-state index in [9.17, 15) is 9.59 Å². The van der Waals surface area contributed by atoms with Gasteiger partial charge in [0.2, 0.25) is 0 Å². The fourth-order valence-corrected chi connectivity index (χ4v) is 4.74. The lowest BCUT2D eigenvalue weighted by Gasteiger charge is -2.13. The van der Waals surface area contributed by atoms with Gasteiger partial charge < -0.3 is 10.1 Å². The first-order valence-electron chi connectivity index (χ1n) is 9.91. The number of hydrogen-bond donors (Lipinski definition) is 1. The van der Waals surface area contributed by atoms with E-state index in [0.717, 1.165) is 34.1 Å². The van der Waals surface area contributed by atoms with E-state index in [-0.39, 0.29) is 18.4 Å². The lowest BCUT2D eigenvalue weighted by molar-refractivity contribution is -0.122. The largest absolute Gasteiger partial charge is 0.484 e. The molecule has 1 aliphatic heterocycles. The average molecular weight is 519 g/mol. The topological polar surface area (TPSA) is 58.6 Å². The number of nitrogens with one attached hydrogen (secondary N) is 1. The summed E-state index contributed by atoms with van der Waals surface area (Å²) < 4.78 is 7.20. The van der Waals surface area contributed by atoms with Gasteiger partial charge in [-0.05, 0) is 60.9 Å². The smallest absolute Gasteiger partial charge is 0.266 e. The molecular formula is C23H23BrN2O3S2. The Morgan fingerprint density at radius 3 is 2.84 bits per heavy atom. The highest BCUT2D eigenvalue weighted by Gasteiger charge is 2.31. The first kappa shape index (κ1) is 23.5. The van der Waals surface area contributed by atoms with Gasteiger partial charge in [-0.2, -0.15) is 0 Å². The van der Waals surface area contributed by atoms with Crippen molar-refractivity contribution in [3.05, 3.63) is 63.0 Å². The van der Waals surface area contributed by atoms with Crippen molar-refractivity contribution in [3.8, 4) is 5.75 Å². The van der Waals surface area contributed by atoms with Gasteiger partial charge in [0.25, 0.3) is 11.8 Å². The maximum Gasteiger partial charge on any atom is 0.266 e. The number of nitrogens with zero attached hydrogens (tertiary/aromatic N) is 1. The summed E-state index contributed by atoms with van der Waals surface area (Å²) in [5.74, 6) is 0.254. The Hall–Kier alpha value is -2.16. The number of halogens is 1. The highest BCUT2D eigenvalue weighted by atomic mass is 79.9. The number of anilines is 1. The molecule has 1 saturated heterocycles. The first-order valence-corrected chi connectivity index (χ1v) is 11.9. The van der Waals surface area contributed by atoms with Crippen LogP contribution in [-0.4, -0.2) is 34.2 Å². The third kappa shape index (κ3) is 6.41. The molecule has 0 bridgehead atoms. The van der Waals surface area contributed by atoms with Crippen molar-refractivity contribution in [1.82, 2.24) is 4.90 Å². The van der Waals surface area contributed by atoms with Crippen molar-refractivity contribution in [2.24, 2.45) is 0 Å². The van der Waals surface area contributed by atoms with Gasteiger partial charge in [0, 0.05) is 16.7 Å².